The Hall–Kier alpha value is -1.24. The Bertz CT molecular complexity index is 628. The van der Waals surface area contributed by atoms with Gasteiger partial charge in [-0.3, -0.25) is 5.43 Å². The number of rotatable bonds is 4. The van der Waals surface area contributed by atoms with Gasteiger partial charge in [0.2, 0.25) is 0 Å². The molecule has 4 atom stereocenters. The molecule has 2 aliphatic carbocycles. The minimum Gasteiger partial charge on any atom is -0.372 e. The lowest BCUT2D eigenvalue weighted by Gasteiger charge is -2.34. The van der Waals surface area contributed by atoms with Gasteiger partial charge in [-0.05, 0) is 51.9 Å². The van der Waals surface area contributed by atoms with E-state index in [-0.39, 0.29) is 11.6 Å². The Balaban J connectivity index is 1.32. The number of hydrogen-bond acceptors (Lipinski definition) is 6. The van der Waals surface area contributed by atoms with Crippen LogP contribution < -0.4 is 15.8 Å². The van der Waals surface area contributed by atoms with E-state index in [2.05, 4.69) is 38.7 Å². The van der Waals surface area contributed by atoms with Gasteiger partial charge >= 0.3 is 0 Å². The van der Waals surface area contributed by atoms with E-state index >= 15 is 0 Å². The van der Waals surface area contributed by atoms with Crippen LogP contribution in [0.15, 0.2) is 12.4 Å². The third-order valence-electron chi connectivity index (χ3n) is 6.53. The van der Waals surface area contributed by atoms with Crippen molar-refractivity contribution in [2.45, 2.75) is 75.7 Å². The first-order valence-electron chi connectivity index (χ1n) is 9.96. The van der Waals surface area contributed by atoms with Crippen LogP contribution in [-0.2, 0) is 4.74 Å². The fourth-order valence-electron chi connectivity index (χ4n) is 4.76. The molecule has 2 N–H and O–H groups in total. The highest BCUT2D eigenvalue weighted by Gasteiger charge is 2.46. The van der Waals surface area contributed by atoms with Gasteiger partial charge in [0, 0.05) is 31.1 Å². The van der Waals surface area contributed by atoms with E-state index in [9.17, 15) is 0 Å². The van der Waals surface area contributed by atoms with Gasteiger partial charge in [-0.15, -0.1) is 0 Å². The van der Waals surface area contributed by atoms with Gasteiger partial charge < -0.3 is 9.64 Å². The maximum Gasteiger partial charge on any atom is 0.132 e. The lowest BCUT2D eigenvalue weighted by atomic mass is 9.79. The smallest absolute Gasteiger partial charge is 0.132 e. The van der Waals surface area contributed by atoms with Gasteiger partial charge in [0.1, 0.15) is 12.1 Å². The molecule has 6 heteroatoms. The Morgan fingerprint density at radius 2 is 2.00 bits per heavy atom. The minimum absolute atomic E-state index is 0.171. The molecule has 2 saturated heterocycles. The van der Waals surface area contributed by atoms with Crippen LogP contribution in [0.1, 0.15) is 63.6 Å². The minimum atomic E-state index is 0.171. The number of nitrogens with one attached hydrogen (secondary N) is 2. The molecule has 0 aromatic carbocycles. The average molecular weight is 343 g/mol. The Morgan fingerprint density at radius 1 is 1.16 bits per heavy atom. The van der Waals surface area contributed by atoms with Crippen molar-refractivity contribution in [3.8, 4) is 0 Å². The topological polar surface area (TPSA) is 62.3 Å². The van der Waals surface area contributed by atoms with Gasteiger partial charge in [0.25, 0.3) is 0 Å². The van der Waals surface area contributed by atoms with Crippen molar-refractivity contribution >= 4 is 5.82 Å². The zero-order valence-corrected chi connectivity index (χ0v) is 15.1. The second kappa shape index (κ2) is 6.18. The van der Waals surface area contributed by atoms with Crippen molar-refractivity contribution in [2.24, 2.45) is 5.92 Å². The summed E-state index contributed by atoms with van der Waals surface area (Å²) in [6, 6.07) is 2.98. The van der Waals surface area contributed by atoms with Crippen LogP contribution in [0.4, 0.5) is 5.82 Å². The fraction of sp³-hybridized carbons (Fsp3) is 0.789. The van der Waals surface area contributed by atoms with Crippen LogP contribution in [-0.4, -0.2) is 40.8 Å². The summed E-state index contributed by atoms with van der Waals surface area (Å²) < 4.78 is 6.39. The summed E-state index contributed by atoms with van der Waals surface area (Å²) in [5.41, 5.74) is 8.32. The Kier molecular flexibility index (Phi) is 3.95. The molecular weight excluding hydrogens is 314 g/mol. The summed E-state index contributed by atoms with van der Waals surface area (Å²) in [6.07, 6.45) is 10.6. The number of fused-ring (bicyclic) bond motifs is 1. The molecule has 1 aromatic rings. The summed E-state index contributed by atoms with van der Waals surface area (Å²) in [7, 11) is 0. The van der Waals surface area contributed by atoms with Crippen LogP contribution in [0.25, 0.3) is 0 Å². The molecule has 0 amide bonds. The van der Waals surface area contributed by atoms with Crippen LogP contribution in [0.5, 0.6) is 0 Å². The maximum atomic E-state index is 6.39. The van der Waals surface area contributed by atoms with E-state index < -0.39 is 0 Å². The largest absolute Gasteiger partial charge is 0.372 e. The highest BCUT2D eigenvalue weighted by molar-refractivity contribution is 5.40. The number of anilines is 1. The van der Waals surface area contributed by atoms with Crippen molar-refractivity contribution < 1.29 is 4.74 Å². The van der Waals surface area contributed by atoms with Gasteiger partial charge in [-0.2, -0.15) is 0 Å². The van der Waals surface area contributed by atoms with Crippen molar-refractivity contribution in [2.75, 3.05) is 18.0 Å². The van der Waals surface area contributed by atoms with Crippen LogP contribution >= 0.6 is 0 Å². The summed E-state index contributed by atoms with van der Waals surface area (Å²) in [6.45, 7) is 4.50. The highest BCUT2D eigenvalue weighted by Crippen LogP contribution is 2.45. The quantitative estimate of drug-likeness (QED) is 0.875. The van der Waals surface area contributed by atoms with Gasteiger partial charge in [-0.1, -0.05) is 0 Å². The molecular formula is C19H29N5O. The number of hydrazine groups is 1. The monoisotopic (exact) mass is 343 g/mol. The van der Waals surface area contributed by atoms with Gasteiger partial charge in [0.05, 0.1) is 23.4 Å². The van der Waals surface area contributed by atoms with E-state index in [1.54, 1.807) is 6.33 Å². The Morgan fingerprint density at radius 3 is 2.80 bits per heavy atom. The molecule has 2 saturated carbocycles. The van der Waals surface area contributed by atoms with Gasteiger partial charge in [0.15, 0.2) is 0 Å². The van der Waals surface area contributed by atoms with Gasteiger partial charge in [-0.25, -0.2) is 15.4 Å². The predicted octanol–water partition coefficient (Wildman–Crippen LogP) is 2.33. The highest BCUT2D eigenvalue weighted by atomic mass is 16.5. The molecule has 0 radical (unpaired) electrons. The normalized spacial score (nSPS) is 36.4. The van der Waals surface area contributed by atoms with Crippen molar-refractivity contribution in [1.29, 1.82) is 0 Å². The lowest BCUT2D eigenvalue weighted by molar-refractivity contribution is -0.0500. The number of hydrogen-bond donors (Lipinski definition) is 2. The molecule has 0 spiro atoms. The molecule has 4 aliphatic rings. The molecule has 0 bridgehead atoms. The summed E-state index contributed by atoms with van der Waals surface area (Å²) in [5.74, 6) is 1.63. The first-order valence-corrected chi connectivity index (χ1v) is 9.96. The predicted molar refractivity (Wildman–Crippen MR) is 96.1 cm³/mol. The van der Waals surface area contributed by atoms with Crippen LogP contribution in [0.2, 0.25) is 0 Å². The molecule has 2 aliphatic heterocycles. The molecule has 4 fully saturated rings. The van der Waals surface area contributed by atoms with E-state index in [4.69, 9.17) is 4.74 Å². The molecule has 136 valence electrons. The average Bonchev–Trinajstić information content (AvgIpc) is 3.07. The molecule has 5 rings (SSSR count). The SMILES string of the molecule is CC1(OC2CCC3NNC(c4cc(N5CCCC5)ncn4)C3C2)CC1. The van der Waals surface area contributed by atoms with E-state index in [1.807, 2.05) is 0 Å². The molecule has 6 nitrogen and oxygen atoms in total. The van der Waals surface area contributed by atoms with Crippen molar-refractivity contribution in [1.82, 2.24) is 20.8 Å². The first-order chi connectivity index (χ1) is 12.2. The molecule has 4 unspecified atom stereocenters. The standard InChI is InChI=1S/C19H29N5O/c1-19(6-7-19)25-13-4-5-15-14(10-13)18(23-22-15)16-11-17(21-12-20-16)24-8-2-3-9-24/h11-15,18,22-23H,2-10H2,1H3. The zero-order valence-electron chi connectivity index (χ0n) is 15.1. The first kappa shape index (κ1) is 16.0. The lowest BCUT2D eigenvalue weighted by Crippen LogP contribution is -2.38. The number of ether oxygens (including phenoxy) is 1. The van der Waals surface area contributed by atoms with Crippen LogP contribution in [0, 0.1) is 5.92 Å². The third kappa shape index (κ3) is 3.15. The van der Waals surface area contributed by atoms with Crippen LogP contribution in [0.3, 0.4) is 0 Å². The van der Waals surface area contributed by atoms with Crippen molar-refractivity contribution in [3.05, 3.63) is 18.1 Å². The summed E-state index contributed by atoms with van der Waals surface area (Å²) in [4.78, 5) is 11.5. The second-order valence-corrected chi connectivity index (χ2v) is 8.53. The summed E-state index contributed by atoms with van der Waals surface area (Å²) in [5, 5.41) is 0. The summed E-state index contributed by atoms with van der Waals surface area (Å²) >= 11 is 0. The number of nitrogens with zero attached hydrogens (tertiary/aromatic N) is 3. The molecule has 25 heavy (non-hydrogen) atoms. The molecule has 1 aromatic heterocycles. The zero-order chi connectivity index (χ0) is 16.9. The van der Waals surface area contributed by atoms with E-state index in [0.29, 0.717) is 18.1 Å². The van der Waals surface area contributed by atoms with E-state index in [0.717, 1.165) is 31.0 Å². The number of aromatic nitrogens is 2. The van der Waals surface area contributed by atoms with E-state index in [1.165, 1.54) is 38.5 Å². The fourth-order valence-corrected chi connectivity index (χ4v) is 4.76. The third-order valence-corrected chi connectivity index (χ3v) is 6.53. The second-order valence-electron chi connectivity index (χ2n) is 8.53. The van der Waals surface area contributed by atoms with Crippen molar-refractivity contribution in [3.63, 3.8) is 0 Å². The Labute approximate surface area is 149 Å². The molecule has 3 heterocycles. The maximum absolute atomic E-state index is 6.39.